The molecule has 20 heavy (non-hydrogen) atoms. The molecule has 104 valence electrons. The largest absolute Gasteiger partial charge is 0.370 e. The van der Waals surface area contributed by atoms with Gasteiger partial charge in [-0.2, -0.15) is 0 Å². The number of nitrogens with two attached hydrogens (primary N) is 1. The Bertz CT molecular complexity index is 673. The van der Waals surface area contributed by atoms with E-state index >= 15 is 0 Å². The van der Waals surface area contributed by atoms with Gasteiger partial charge in [-0.15, -0.1) is 0 Å². The third kappa shape index (κ3) is 3.94. The summed E-state index contributed by atoms with van der Waals surface area (Å²) in [6.07, 6.45) is 0. The number of rotatable bonds is 3. The molecular formula is C14H17N5O. The fraction of sp³-hybridized carbons (Fsp3) is 0.214. The number of hydrogen-bond acceptors (Lipinski definition) is 3. The van der Waals surface area contributed by atoms with Gasteiger partial charge in [0.15, 0.2) is 5.96 Å². The first-order chi connectivity index (χ1) is 9.52. The second-order valence-electron chi connectivity index (χ2n) is 4.55. The Hall–Kier alpha value is -2.63. The molecule has 0 amide bonds. The minimum absolute atomic E-state index is 0.208. The van der Waals surface area contributed by atoms with Crippen LogP contribution in [0.25, 0.3) is 0 Å². The molecule has 0 atom stereocenters. The zero-order valence-electron chi connectivity index (χ0n) is 11.5. The monoisotopic (exact) mass is 271 g/mol. The van der Waals surface area contributed by atoms with Crippen LogP contribution in [0.5, 0.6) is 0 Å². The Morgan fingerprint density at radius 1 is 1.35 bits per heavy atom. The number of nitrogens with zero attached hydrogens (tertiary/aromatic N) is 2. The molecule has 1 aromatic heterocycles. The van der Waals surface area contributed by atoms with Gasteiger partial charge in [0, 0.05) is 11.8 Å². The van der Waals surface area contributed by atoms with Crippen LogP contribution in [0.15, 0.2) is 40.1 Å². The molecule has 2 aromatic rings. The fourth-order valence-corrected chi connectivity index (χ4v) is 1.67. The number of H-pyrrole nitrogens is 1. The van der Waals surface area contributed by atoms with Crippen molar-refractivity contribution in [1.82, 2.24) is 9.97 Å². The van der Waals surface area contributed by atoms with E-state index in [1.54, 1.807) is 6.92 Å². The number of guanidine groups is 1. The highest BCUT2D eigenvalue weighted by Crippen LogP contribution is 2.04. The van der Waals surface area contributed by atoms with Crippen molar-refractivity contribution in [2.45, 2.75) is 20.4 Å². The maximum absolute atomic E-state index is 11.3. The Morgan fingerprint density at radius 2 is 2.05 bits per heavy atom. The lowest BCUT2D eigenvalue weighted by molar-refractivity contribution is 1.04. The minimum Gasteiger partial charge on any atom is -0.370 e. The van der Waals surface area contributed by atoms with Gasteiger partial charge < -0.3 is 5.73 Å². The second kappa shape index (κ2) is 6.01. The third-order valence-corrected chi connectivity index (χ3v) is 2.67. The van der Waals surface area contributed by atoms with E-state index in [2.05, 4.69) is 20.3 Å². The van der Waals surface area contributed by atoms with Crippen LogP contribution >= 0.6 is 0 Å². The summed E-state index contributed by atoms with van der Waals surface area (Å²) in [6.45, 7) is 4.23. The van der Waals surface area contributed by atoms with Gasteiger partial charge in [0.1, 0.15) is 0 Å². The summed E-state index contributed by atoms with van der Waals surface area (Å²) in [4.78, 5) is 22.1. The molecule has 0 radical (unpaired) electrons. The van der Waals surface area contributed by atoms with E-state index in [4.69, 9.17) is 5.73 Å². The van der Waals surface area contributed by atoms with Gasteiger partial charge in [-0.25, -0.2) is 9.98 Å². The molecule has 6 heteroatoms. The smallest absolute Gasteiger partial charge is 0.252 e. The number of benzene rings is 1. The van der Waals surface area contributed by atoms with Crippen molar-refractivity contribution < 1.29 is 0 Å². The molecule has 0 spiro atoms. The predicted molar refractivity (Wildman–Crippen MR) is 79.7 cm³/mol. The predicted octanol–water partition coefficient (Wildman–Crippen LogP) is 1.31. The van der Waals surface area contributed by atoms with Crippen molar-refractivity contribution in [3.05, 3.63) is 57.5 Å². The summed E-state index contributed by atoms with van der Waals surface area (Å²) in [5.74, 6) is 0.500. The molecule has 0 fully saturated rings. The Kier molecular flexibility index (Phi) is 4.14. The molecule has 0 saturated carbocycles. The standard InChI is InChI=1S/C14H17N5O/c1-9-3-5-11(6-4-9)8-16-13(15)19-14-17-10(2)7-12(20)18-14/h3-7H,8H2,1-2H3,(H4,15,16,17,18,19,20). The lowest BCUT2D eigenvalue weighted by atomic mass is 10.1. The van der Waals surface area contributed by atoms with Gasteiger partial charge in [0.05, 0.1) is 6.54 Å². The molecule has 0 bridgehead atoms. The average molecular weight is 271 g/mol. The topological polar surface area (TPSA) is 96.2 Å². The summed E-state index contributed by atoms with van der Waals surface area (Å²) >= 11 is 0. The van der Waals surface area contributed by atoms with Gasteiger partial charge in [-0.1, -0.05) is 29.8 Å². The van der Waals surface area contributed by atoms with Crippen molar-refractivity contribution in [1.29, 1.82) is 0 Å². The lowest BCUT2D eigenvalue weighted by Gasteiger charge is -2.05. The first-order valence-corrected chi connectivity index (χ1v) is 6.23. The van der Waals surface area contributed by atoms with E-state index in [0.717, 1.165) is 5.56 Å². The normalized spacial score (nSPS) is 11.4. The number of aromatic nitrogens is 2. The number of aliphatic imine (C=N–C) groups is 1. The van der Waals surface area contributed by atoms with Gasteiger partial charge in [0.25, 0.3) is 5.56 Å². The molecule has 2 rings (SSSR count). The van der Waals surface area contributed by atoms with E-state index in [-0.39, 0.29) is 11.5 Å². The molecule has 4 N–H and O–H groups in total. The molecule has 6 nitrogen and oxygen atoms in total. The van der Waals surface area contributed by atoms with Crippen LogP contribution in [0, 0.1) is 13.8 Å². The van der Waals surface area contributed by atoms with Gasteiger partial charge >= 0.3 is 0 Å². The van der Waals surface area contributed by atoms with Crippen LogP contribution in [0.4, 0.5) is 5.95 Å². The van der Waals surface area contributed by atoms with E-state index in [1.165, 1.54) is 11.6 Å². The van der Waals surface area contributed by atoms with Gasteiger partial charge in [-0.3, -0.25) is 15.1 Å². The molecule has 0 unspecified atom stereocenters. The third-order valence-electron chi connectivity index (χ3n) is 2.67. The van der Waals surface area contributed by atoms with Crippen LogP contribution in [-0.4, -0.2) is 15.9 Å². The van der Waals surface area contributed by atoms with E-state index in [1.807, 2.05) is 31.2 Å². The highest BCUT2D eigenvalue weighted by molar-refractivity contribution is 5.90. The zero-order valence-corrected chi connectivity index (χ0v) is 11.5. The molecule has 1 aromatic carbocycles. The maximum Gasteiger partial charge on any atom is 0.252 e. The highest BCUT2D eigenvalue weighted by Gasteiger charge is 1.99. The number of anilines is 1. The Labute approximate surface area is 116 Å². The number of nitrogens with one attached hydrogen (secondary N) is 2. The van der Waals surface area contributed by atoms with Crippen molar-refractivity contribution in [2.24, 2.45) is 10.7 Å². The first-order valence-electron chi connectivity index (χ1n) is 6.23. The SMILES string of the molecule is Cc1ccc(CN=C(N)Nc2nc(C)cc(=O)[nH]2)cc1. The fourth-order valence-electron chi connectivity index (χ4n) is 1.67. The molecule has 0 saturated heterocycles. The molecule has 0 aliphatic carbocycles. The summed E-state index contributed by atoms with van der Waals surface area (Å²) in [5, 5.41) is 2.77. The Balaban J connectivity index is 2.03. The van der Waals surface area contributed by atoms with Crippen molar-refractivity contribution in [2.75, 3.05) is 5.32 Å². The lowest BCUT2D eigenvalue weighted by Crippen LogP contribution is -2.25. The first kappa shape index (κ1) is 13.8. The van der Waals surface area contributed by atoms with E-state index in [9.17, 15) is 4.79 Å². The summed E-state index contributed by atoms with van der Waals surface area (Å²) in [5.41, 5.74) is 8.40. The van der Waals surface area contributed by atoms with Crippen LogP contribution in [0.1, 0.15) is 16.8 Å². The zero-order chi connectivity index (χ0) is 14.5. The number of hydrogen-bond donors (Lipinski definition) is 3. The summed E-state index contributed by atoms with van der Waals surface area (Å²) in [7, 11) is 0. The van der Waals surface area contributed by atoms with Crippen molar-refractivity contribution in [3.63, 3.8) is 0 Å². The molecule has 0 aliphatic heterocycles. The summed E-state index contributed by atoms with van der Waals surface area (Å²) in [6, 6.07) is 9.45. The minimum atomic E-state index is -0.230. The van der Waals surface area contributed by atoms with E-state index in [0.29, 0.717) is 18.2 Å². The molecular weight excluding hydrogens is 254 g/mol. The quantitative estimate of drug-likeness (QED) is 0.579. The second-order valence-corrected chi connectivity index (χ2v) is 4.55. The average Bonchev–Trinajstić information content (AvgIpc) is 2.37. The summed E-state index contributed by atoms with van der Waals surface area (Å²) < 4.78 is 0. The highest BCUT2D eigenvalue weighted by atomic mass is 16.1. The maximum atomic E-state index is 11.3. The number of aryl methyl sites for hydroxylation is 2. The van der Waals surface area contributed by atoms with E-state index < -0.39 is 0 Å². The van der Waals surface area contributed by atoms with Gasteiger partial charge in [-0.05, 0) is 19.4 Å². The van der Waals surface area contributed by atoms with Crippen LogP contribution < -0.4 is 16.6 Å². The molecule has 0 aliphatic rings. The van der Waals surface area contributed by atoms with Crippen LogP contribution in [0.2, 0.25) is 0 Å². The van der Waals surface area contributed by atoms with Crippen LogP contribution in [0.3, 0.4) is 0 Å². The van der Waals surface area contributed by atoms with Crippen molar-refractivity contribution >= 4 is 11.9 Å². The Morgan fingerprint density at radius 3 is 2.70 bits per heavy atom. The molecule has 1 heterocycles. The van der Waals surface area contributed by atoms with Crippen molar-refractivity contribution in [3.8, 4) is 0 Å². The van der Waals surface area contributed by atoms with Gasteiger partial charge in [0.2, 0.25) is 5.95 Å². The number of aromatic amines is 1. The van der Waals surface area contributed by atoms with Crippen LogP contribution in [-0.2, 0) is 6.54 Å².